The second-order valence-corrected chi connectivity index (χ2v) is 2.70. The van der Waals surface area contributed by atoms with Gasteiger partial charge in [-0.05, 0) is 0 Å². The molecule has 1 aliphatic heterocycles. The molecule has 42 valence electrons. The topological polar surface area (TPSA) is 6.48 Å². The van der Waals surface area contributed by atoms with E-state index in [4.69, 9.17) is 0 Å². The Labute approximate surface area is 48.4 Å². The molecule has 1 rings (SSSR count). The van der Waals surface area contributed by atoms with Crippen molar-refractivity contribution >= 4 is 11.8 Å². The zero-order valence-electron chi connectivity index (χ0n) is 4.72. The summed E-state index contributed by atoms with van der Waals surface area (Å²) in [6.07, 6.45) is 0. The predicted octanol–water partition coefficient (Wildman–Crippen LogP) is 0.427. The quantitative estimate of drug-likeness (QED) is 0.455. The van der Waals surface area contributed by atoms with Crippen LogP contribution in [0, 0.1) is 0 Å². The SMILES string of the molecule is CN1CSCN1C. The van der Waals surface area contributed by atoms with E-state index in [9.17, 15) is 0 Å². The third kappa shape index (κ3) is 1.08. The van der Waals surface area contributed by atoms with E-state index in [2.05, 4.69) is 24.1 Å². The Balaban J connectivity index is 2.33. The van der Waals surface area contributed by atoms with Crippen molar-refractivity contribution in [1.29, 1.82) is 0 Å². The third-order valence-corrected chi connectivity index (χ3v) is 2.25. The zero-order valence-corrected chi connectivity index (χ0v) is 5.53. The maximum atomic E-state index is 2.20. The van der Waals surface area contributed by atoms with E-state index in [1.165, 1.54) is 0 Å². The van der Waals surface area contributed by atoms with Crippen molar-refractivity contribution in [3.05, 3.63) is 0 Å². The minimum absolute atomic E-state index is 1.15. The van der Waals surface area contributed by atoms with Crippen LogP contribution >= 0.6 is 11.8 Å². The second-order valence-electron chi connectivity index (χ2n) is 1.78. The Morgan fingerprint density at radius 1 is 1.14 bits per heavy atom. The first-order chi connectivity index (χ1) is 3.30. The predicted molar refractivity (Wildman–Crippen MR) is 32.9 cm³/mol. The lowest BCUT2D eigenvalue weighted by Crippen LogP contribution is -2.28. The Kier molecular flexibility index (Phi) is 1.57. The van der Waals surface area contributed by atoms with Crippen molar-refractivity contribution in [1.82, 2.24) is 10.0 Å². The van der Waals surface area contributed by atoms with Crippen molar-refractivity contribution in [3.8, 4) is 0 Å². The normalized spacial score (nSPS) is 26.6. The van der Waals surface area contributed by atoms with Crippen molar-refractivity contribution in [2.45, 2.75) is 0 Å². The molecule has 1 aliphatic rings. The molecule has 1 fully saturated rings. The van der Waals surface area contributed by atoms with Crippen molar-refractivity contribution in [3.63, 3.8) is 0 Å². The van der Waals surface area contributed by atoms with Gasteiger partial charge in [0.15, 0.2) is 0 Å². The molecule has 0 N–H and O–H groups in total. The van der Waals surface area contributed by atoms with Gasteiger partial charge in [0.2, 0.25) is 0 Å². The highest BCUT2D eigenvalue weighted by Crippen LogP contribution is 2.13. The molecule has 1 saturated heterocycles. The molecule has 0 radical (unpaired) electrons. The maximum Gasteiger partial charge on any atom is 0.0600 e. The van der Waals surface area contributed by atoms with E-state index in [1.54, 1.807) is 0 Å². The van der Waals surface area contributed by atoms with Crippen LogP contribution in [0.15, 0.2) is 0 Å². The molecular weight excluding hydrogens is 108 g/mol. The average molecular weight is 118 g/mol. The van der Waals surface area contributed by atoms with Crippen LogP contribution in [0.25, 0.3) is 0 Å². The highest BCUT2D eigenvalue weighted by atomic mass is 32.2. The fraction of sp³-hybridized carbons (Fsp3) is 1.00. The molecule has 7 heavy (non-hydrogen) atoms. The van der Waals surface area contributed by atoms with Crippen LogP contribution in [0.2, 0.25) is 0 Å². The van der Waals surface area contributed by atoms with Crippen molar-refractivity contribution in [2.24, 2.45) is 0 Å². The molecule has 2 nitrogen and oxygen atoms in total. The first-order valence-electron chi connectivity index (χ1n) is 2.30. The Hall–Kier alpha value is 0.270. The first-order valence-corrected chi connectivity index (χ1v) is 3.46. The van der Waals surface area contributed by atoms with Crippen LogP contribution in [0.3, 0.4) is 0 Å². The monoisotopic (exact) mass is 118 g/mol. The summed E-state index contributed by atoms with van der Waals surface area (Å²) in [5.41, 5.74) is 0. The standard InChI is InChI=1S/C4H10N2S/c1-5-3-7-4-6(5)2/h3-4H2,1-2H3. The summed E-state index contributed by atoms with van der Waals surface area (Å²) in [6, 6.07) is 0. The van der Waals surface area contributed by atoms with E-state index in [1.807, 2.05) is 11.8 Å². The van der Waals surface area contributed by atoms with Gasteiger partial charge in [0, 0.05) is 14.1 Å². The highest BCUT2D eigenvalue weighted by Gasteiger charge is 2.11. The fourth-order valence-corrected chi connectivity index (χ4v) is 1.51. The molecule has 0 saturated carbocycles. The zero-order chi connectivity index (χ0) is 5.28. The molecule has 0 aromatic rings. The molecule has 0 unspecified atom stereocenters. The lowest BCUT2D eigenvalue weighted by Gasteiger charge is -2.15. The van der Waals surface area contributed by atoms with Crippen LogP contribution in [0.1, 0.15) is 0 Å². The van der Waals surface area contributed by atoms with Crippen LogP contribution in [0.5, 0.6) is 0 Å². The maximum absolute atomic E-state index is 2.20. The van der Waals surface area contributed by atoms with Crippen LogP contribution in [0.4, 0.5) is 0 Å². The van der Waals surface area contributed by atoms with Crippen molar-refractivity contribution in [2.75, 3.05) is 25.8 Å². The molecule has 0 bridgehead atoms. The Bertz CT molecular complexity index is 58.7. The summed E-state index contributed by atoms with van der Waals surface area (Å²) in [4.78, 5) is 0. The number of hydrogen-bond donors (Lipinski definition) is 0. The Morgan fingerprint density at radius 2 is 1.57 bits per heavy atom. The molecule has 0 amide bonds. The van der Waals surface area contributed by atoms with Crippen LogP contribution in [-0.2, 0) is 0 Å². The second kappa shape index (κ2) is 2.03. The van der Waals surface area contributed by atoms with Gasteiger partial charge in [-0.2, -0.15) is 0 Å². The molecule has 0 atom stereocenters. The van der Waals surface area contributed by atoms with Crippen LogP contribution < -0.4 is 0 Å². The Morgan fingerprint density at radius 3 is 1.71 bits per heavy atom. The molecule has 0 spiro atoms. The molecular formula is C4H10N2S. The fourth-order valence-electron chi connectivity index (χ4n) is 0.502. The summed E-state index contributed by atoms with van der Waals surface area (Å²) in [5, 5.41) is 4.40. The lowest BCUT2D eigenvalue weighted by atomic mass is 11.0. The number of rotatable bonds is 0. The molecule has 0 aromatic carbocycles. The summed E-state index contributed by atoms with van der Waals surface area (Å²) in [6.45, 7) is 0. The van der Waals surface area contributed by atoms with Gasteiger partial charge >= 0.3 is 0 Å². The van der Waals surface area contributed by atoms with E-state index in [0.29, 0.717) is 0 Å². The van der Waals surface area contributed by atoms with Gasteiger partial charge in [0.25, 0.3) is 0 Å². The molecule has 1 heterocycles. The molecule has 0 aliphatic carbocycles. The van der Waals surface area contributed by atoms with Gasteiger partial charge in [-0.25, -0.2) is 10.0 Å². The van der Waals surface area contributed by atoms with Gasteiger partial charge in [-0.3, -0.25) is 0 Å². The number of hydrazine groups is 1. The molecule has 3 heteroatoms. The van der Waals surface area contributed by atoms with Gasteiger partial charge in [0.05, 0.1) is 11.8 Å². The largest absolute Gasteiger partial charge is 0.234 e. The minimum atomic E-state index is 1.15. The number of nitrogens with zero attached hydrogens (tertiary/aromatic N) is 2. The van der Waals surface area contributed by atoms with Gasteiger partial charge in [0.1, 0.15) is 0 Å². The van der Waals surface area contributed by atoms with E-state index < -0.39 is 0 Å². The third-order valence-electron chi connectivity index (χ3n) is 1.14. The van der Waals surface area contributed by atoms with Gasteiger partial charge < -0.3 is 0 Å². The lowest BCUT2D eigenvalue weighted by molar-refractivity contribution is 0.0894. The summed E-state index contributed by atoms with van der Waals surface area (Å²) < 4.78 is 0. The van der Waals surface area contributed by atoms with Gasteiger partial charge in [-0.15, -0.1) is 11.8 Å². The summed E-state index contributed by atoms with van der Waals surface area (Å²) in [7, 11) is 4.19. The van der Waals surface area contributed by atoms with E-state index in [0.717, 1.165) is 11.8 Å². The van der Waals surface area contributed by atoms with Crippen molar-refractivity contribution < 1.29 is 0 Å². The smallest absolute Gasteiger partial charge is 0.0600 e. The first kappa shape index (κ1) is 5.41. The summed E-state index contributed by atoms with van der Waals surface area (Å²) >= 11 is 1.94. The average Bonchev–Trinajstić information content (AvgIpc) is 1.91. The van der Waals surface area contributed by atoms with E-state index in [-0.39, 0.29) is 0 Å². The molecule has 0 aromatic heterocycles. The number of hydrogen-bond acceptors (Lipinski definition) is 3. The number of thioether (sulfide) groups is 1. The van der Waals surface area contributed by atoms with E-state index >= 15 is 0 Å². The van der Waals surface area contributed by atoms with Gasteiger partial charge in [-0.1, -0.05) is 0 Å². The highest BCUT2D eigenvalue weighted by molar-refractivity contribution is 7.99. The minimum Gasteiger partial charge on any atom is -0.234 e. The summed E-state index contributed by atoms with van der Waals surface area (Å²) in [5.74, 6) is 2.30. The van der Waals surface area contributed by atoms with Crippen LogP contribution in [-0.4, -0.2) is 35.9 Å².